The second kappa shape index (κ2) is 8.91. The highest BCUT2D eigenvalue weighted by molar-refractivity contribution is 6.04. The largest absolute Gasteiger partial charge is 0.357 e. The van der Waals surface area contributed by atoms with E-state index in [1.165, 1.54) is 0 Å². The van der Waals surface area contributed by atoms with Gasteiger partial charge in [-0.2, -0.15) is 0 Å². The Kier molecular flexibility index (Phi) is 5.76. The van der Waals surface area contributed by atoms with E-state index in [4.69, 9.17) is 4.98 Å². The molecule has 1 aliphatic rings. The molecule has 0 unspecified atom stereocenters. The highest BCUT2D eigenvalue weighted by atomic mass is 16.2. The van der Waals surface area contributed by atoms with Crippen LogP contribution >= 0.6 is 0 Å². The van der Waals surface area contributed by atoms with E-state index in [2.05, 4.69) is 40.8 Å². The molecule has 2 aromatic heterocycles. The number of H-pyrrole nitrogens is 1. The first-order valence-electron chi connectivity index (χ1n) is 11.8. The molecule has 0 aliphatic carbocycles. The molecule has 4 aromatic rings. The Bertz CT molecular complexity index is 1370. The van der Waals surface area contributed by atoms with Crippen LogP contribution in [0.15, 0.2) is 72.9 Å². The van der Waals surface area contributed by atoms with Crippen molar-refractivity contribution in [2.45, 2.75) is 39.3 Å². The molecule has 0 bridgehead atoms. The Morgan fingerprint density at radius 1 is 1.06 bits per heavy atom. The summed E-state index contributed by atoms with van der Waals surface area (Å²) < 4.78 is 2.16. The second-order valence-electron chi connectivity index (χ2n) is 9.70. The van der Waals surface area contributed by atoms with Gasteiger partial charge >= 0.3 is 0 Å². The summed E-state index contributed by atoms with van der Waals surface area (Å²) in [4.78, 5) is 36.4. The zero-order chi connectivity index (χ0) is 24.6. The van der Waals surface area contributed by atoms with Gasteiger partial charge in [-0.15, -0.1) is 0 Å². The van der Waals surface area contributed by atoms with Crippen molar-refractivity contribution >= 4 is 17.5 Å². The van der Waals surface area contributed by atoms with Crippen molar-refractivity contribution in [3.05, 3.63) is 107 Å². The first-order valence-corrected chi connectivity index (χ1v) is 11.8. The molecule has 0 spiro atoms. The molecule has 2 N–H and O–H groups in total. The number of nitrogens with zero attached hydrogens (tertiary/aromatic N) is 3. The van der Waals surface area contributed by atoms with Crippen LogP contribution < -0.4 is 5.32 Å². The van der Waals surface area contributed by atoms with E-state index in [0.717, 1.165) is 28.3 Å². The number of aromatic amines is 1. The predicted molar refractivity (Wildman–Crippen MR) is 135 cm³/mol. The molecule has 178 valence electrons. The standard InChI is InChI=1S/C28H29N5O2/c1-19-9-7-12-21(15-19)30-26(34)25-23-17-32(27(35)22-13-8-14-29-22)18-28(2,3)33(23)24(31-25)16-20-10-5-4-6-11-20/h4-15,29H,16-18H2,1-3H3,(H,30,34). The highest BCUT2D eigenvalue weighted by Gasteiger charge is 2.39. The van der Waals surface area contributed by atoms with E-state index in [-0.39, 0.29) is 11.8 Å². The summed E-state index contributed by atoms with van der Waals surface area (Å²) in [6.07, 6.45) is 2.34. The average molecular weight is 468 g/mol. The Labute approximate surface area is 204 Å². The van der Waals surface area contributed by atoms with E-state index in [0.29, 0.717) is 30.9 Å². The molecule has 7 nitrogen and oxygen atoms in total. The Balaban J connectivity index is 1.56. The third-order valence-electron chi connectivity index (χ3n) is 6.38. The quantitative estimate of drug-likeness (QED) is 0.444. The van der Waals surface area contributed by atoms with Gasteiger partial charge in [0.25, 0.3) is 11.8 Å². The first kappa shape index (κ1) is 22.7. The number of fused-ring (bicyclic) bond motifs is 1. The van der Waals surface area contributed by atoms with Gasteiger partial charge in [0, 0.05) is 24.8 Å². The van der Waals surface area contributed by atoms with E-state index in [1.807, 2.05) is 55.5 Å². The number of benzene rings is 2. The second-order valence-corrected chi connectivity index (χ2v) is 9.70. The molecular weight excluding hydrogens is 438 g/mol. The van der Waals surface area contributed by atoms with Gasteiger partial charge in [0.05, 0.1) is 17.8 Å². The number of carbonyl (C=O) groups excluding carboxylic acids is 2. The minimum absolute atomic E-state index is 0.0924. The lowest BCUT2D eigenvalue weighted by Gasteiger charge is -2.41. The first-order chi connectivity index (χ1) is 16.8. The molecule has 0 saturated carbocycles. The molecule has 3 heterocycles. The summed E-state index contributed by atoms with van der Waals surface area (Å²) in [7, 11) is 0. The van der Waals surface area contributed by atoms with Crippen molar-refractivity contribution in [2.24, 2.45) is 0 Å². The molecule has 0 saturated heterocycles. The fraction of sp³-hybridized carbons (Fsp3) is 0.250. The number of anilines is 1. The SMILES string of the molecule is Cc1cccc(NC(=O)c2nc(Cc3ccccc3)n3c2CN(C(=O)c2ccc[nH]2)CC3(C)C)c1. The molecular formula is C28H29N5O2. The van der Waals surface area contributed by atoms with Crippen LogP contribution in [-0.2, 0) is 18.5 Å². The van der Waals surface area contributed by atoms with E-state index < -0.39 is 5.54 Å². The van der Waals surface area contributed by atoms with E-state index >= 15 is 0 Å². The summed E-state index contributed by atoms with van der Waals surface area (Å²) in [5, 5.41) is 3.00. The summed E-state index contributed by atoms with van der Waals surface area (Å²) in [6.45, 7) is 6.97. The van der Waals surface area contributed by atoms with Crippen molar-refractivity contribution in [2.75, 3.05) is 11.9 Å². The normalized spacial score (nSPS) is 14.4. The summed E-state index contributed by atoms with van der Waals surface area (Å²) in [5.74, 6) is 0.450. The van der Waals surface area contributed by atoms with Gasteiger partial charge in [-0.1, -0.05) is 42.5 Å². The molecule has 35 heavy (non-hydrogen) atoms. The highest BCUT2D eigenvalue weighted by Crippen LogP contribution is 2.32. The van der Waals surface area contributed by atoms with Gasteiger partial charge in [-0.05, 0) is 56.2 Å². The van der Waals surface area contributed by atoms with Gasteiger partial charge in [-0.3, -0.25) is 9.59 Å². The van der Waals surface area contributed by atoms with Crippen molar-refractivity contribution in [1.29, 1.82) is 0 Å². The summed E-state index contributed by atoms with van der Waals surface area (Å²) in [5.41, 5.74) is 4.08. The zero-order valence-corrected chi connectivity index (χ0v) is 20.2. The number of hydrogen-bond acceptors (Lipinski definition) is 3. The molecule has 1 aliphatic heterocycles. The van der Waals surface area contributed by atoms with Gasteiger partial charge in [0.1, 0.15) is 11.5 Å². The summed E-state index contributed by atoms with van der Waals surface area (Å²) in [6, 6.07) is 21.4. The lowest BCUT2D eigenvalue weighted by molar-refractivity contribution is 0.0597. The zero-order valence-electron chi connectivity index (χ0n) is 20.2. The van der Waals surface area contributed by atoms with Crippen LogP contribution in [0.4, 0.5) is 5.69 Å². The molecule has 0 atom stereocenters. The maximum absolute atomic E-state index is 13.5. The van der Waals surface area contributed by atoms with Crippen molar-refractivity contribution in [1.82, 2.24) is 19.4 Å². The fourth-order valence-electron chi connectivity index (χ4n) is 4.91. The number of rotatable bonds is 5. The topological polar surface area (TPSA) is 83.0 Å². The van der Waals surface area contributed by atoms with Crippen LogP contribution in [0.1, 0.15) is 57.5 Å². The smallest absolute Gasteiger partial charge is 0.276 e. The molecule has 5 rings (SSSR count). The Morgan fingerprint density at radius 2 is 1.86 bits per heavy atom. The van der Waals surface area contributed by atoms with Crippen LogP contribution in [0.25, 0.3) is 0 Å². The van der Waals surface area contributed by atoms with Gasteiger partial charge in [0.2, 0.25) is 0 Å². The predicted octanol–water partition coefficient (Wildman–Crippen LogP) is 4.75. The van der Waals surface area contributed by atoms with Crippen molar-refractivity contribution in [3.8, 4) is 0 Å². The minimum atomic E-state index is -0.450. The fourth-order valence-corrected chi connectivity index (χ4v) is 4.91. The molecule has 7 heteroatoms. The lowest BCUT2D eigenvalue weighted by Crippen LogP contribution is -2.50. The van der Waals surface area contributed by atoms with Gasteiger partial charge < -0.3 is 19.8 Å². The molecule has 2 aromatic carbocycles. The summed E-state index contributed by atoms with van der Waals surface area (Å²) >= 11 is 0. The maximum atomic E-state index is 13.5. The number of amides is 2. The number of hydrogen-bond donors (Lipinski definition) is 2. The van der Waals surface area contributed by atoms with Crippen LogP contribution in [0.2, 0.25) is 0 Å². The number of nitrogens with one attached hydrogen (secondary N) is 2. The van der Waals surface area contributed by atoms with Crippen LogP contribution in [-0.4, -0.2) is 37.8 Å². The number of aryl methyl sites for hydroxylation is 1. The van der Waals surface area contributed by atoms with Gasteiger partial charge in [-0.25, -0.2) is 4.98 Å². The number of aromatic nitrogens is 3. The van der Waals surface area contributed by atoms with E-state index in [9.17, 15) is 9.59 Å². The van der Waals surface area contributed by atoms with Crippen LogP contribution in [0, 0.1) is 6.92 Å². The average Bonchev–Trinajstić information content (AvgIpc) is 3.48. The third kappa shape index (κ3) is 4.49. The Morgan fingerprint density at radius 3 is 2.57 bits per heavy atom. The number of carbonyl (C=O) groups is 2. The molecule has 2 amide bonds. The Hall–Kier alpha value is -4.13. The monoisotopic (exact) mass is 467 g/mol. The minimum Gasteiger partial charge on any atom is -0.357 e. The van der Waals surface area contributed by atoms with Crippen molar-refractivity contribution in [3.63, 3.8) is 0 Å². The maximum Gasteiger partial charge on any atom is 0.276 e. The third-order valence-corrected chi connectivity index (χ3v) is 6.38. The van der Waals surface area contributed by atoms with Crippen molar-refractivity contribution < 1.29 is 9.59 Å². The van der Waals surface area contributed by atoms with Crippen LogP contribution in [0.5, 0.6) is 0 Å². The molecule has 0 fully saturated rings. The molecule has 0 radical (unpaired) electrons. The van der Waals surface area contributed by atoms with Crippen LogP contribution in [0.3, 0.4) is 0 Å². The van der Waals surface area contributed by atoms with Gasteiger partial charge in [0.15, 0.2) is 5.69 Å². The number of imidazole rings is 1. The van der Waals surface area contributed by atoms with E-state index in [1.54, 1.807) is 17.2 Å². The lowest BCUT2D eigenvalue weighted by atomic mass is 9.98.